The summed E-state index contributed by atoms with van der Waals surface area (Å²) in [5.41, 5.74) is 0. The van der Waals surface area contributed by atoms with Crippen molar-refractivity contribution in [3.8, 4) is 0 Å². The lowest BCUT2D eigenvalue weighted by molar-refractivity contribution is 0.304. The average molecular weight is 170 g/mol. The molecule has 0 bridgehead atoms. The topological polar surface area (TPSA) is 15.3 Å². The second kappa shape index (κ2) is 8.75. The Morgan fingerprint density at radius 3 is 2.58 bits per heavy atom. The van der Waals surface area contributed by atoms with Gasteiger partial charge < -0.3 is 5.32 Å². The van der Waals surface area contributed by atoms with E-state index in [4.69, 9.17) is 0 Å². The molecule has 0 fully saturated rings. The highest BCUT2D eigenvalue weighted by molar-refractivity contribution is 4.81. The van der Waals surface area contributed by atoms with E-state index in [1.807, 2.05) is 7.05 Å². The highest BCUT2D eigenvalue weighted by atomic mass is 15.1. The third-order valence-corrected chi connectivity index (χ3v) is 1.82. The van der Waals surface area contributed by atoms with Crippen LogP contribution < -0.4 is 5.32 Å². The molecule has 0 amide bonds. The van der Waals surface area contributed by atoms with Crippen LogP contribution in [0.1, 0.15) is 20.3 Å². The minimum Gasteiger partial charge on any atom is -0.318 e. The van der Waals surface area contributed by atoms with E-state index in [1.54, 1.807) is 0 Å². The second-order valence-corrected chi connectivity index (χ2v) is 2.97. The molecule has 0 aromatic heterocycles. The summed E-state index contributed by atoms with van der Waals surface area (Å²) in [5, 5.41) is 3.17. The van der Waals surface area contributed by atoms with Gasteiger partial charge in [-0.15, -0.1) is 0 Å². The van der Waals surface area contributed by atoms with Gasteiger partial charge in [0.15, 0.2) is 0 Å². The van der Waals surface area contributed by atoms with Crippen molar-refractivity contribution < 1.29 is 0 Å². The van der Waals surface area contributed by atoms with E-state index in [2.05, 4.69) is 36.2 Å². The number of rotatable bonds is 7. The van der Waals surface area contributed by atoms with Gasteiger partial charge in [-0.25, -0.2) is 0 Å². The molecular formula is C10H22N2. The van der Waals surface area contributed by atoms with Gasteiger partial charge in [0, 0.05) is 19.6 Å². The summed E-state index contributed by atoms with van der Waals surface area (Å²) in [6, 6.07) is 0. The molecule has 0 atom stereocenters. The average Bonchev–Trinajstić information content (AvgIpc) is 2.10. The van der Waals surface area contributed by atoms with Gasteiger partial charge in [0.25, 0.3) is 0 Å². The maximum atomic E-state index is 3.17. The molecule has 2 nitrogen and oxygen atoms in total. The minimum absolute atomic E-state index is 1.08. The van der Waals surface area contributed by atoms with Crippen molar-refractivity contribution in [1.29, 1.82) is 0 Å². The van der Waals surface area contributed by atoms with Crippen LogP contribution in [-0.4, -0.2) is 38.1 Å². The number of hydrogen-bond acceptors (Lipinski definition) is 2. The summed E-state index contributed by atoms with van der Waals surface area (Å²) < 4.78 is 0. The molecule has 0 saturated carbocycles. The molecule has 0 radical (unpaired) electrons. The van der Waals surface area contributed by atoms with Crippen LogP contribution in [0.3, 0.4) is 0 Å². The largest absolute Gasteiger partial charge is 0.318 e. The molecule has 0 aliphatic heterocycles. The molecule has 0 aromatic rings. The molecule has 0 aliphatic rings. The Hall–Kier alpha value is -0.340. The fraction of sp³-hybridized carbons (Fsp3) is 0.800. The molecule has 1 N–H and O–H groups in total. The van der Waals surface area contributed by atoms with Gasteiger partial charge in [-0.3, -0.25) is 4.90 Å². The zero-order valence-electron chi connectivity index (χ0n) is 8.64. The predicted octanol–water partition coefficient (Wildman–Crippen LogP) is 1.49. The van der Waals surface area contributed by atoms with Crippen molar-refractivity contribution >= 4 is 0 Å². The summed E-state index contributed by atoms with van der Waals surface area (Å²) in [6.07, 6.45) is 5.56. The predicted molar refractivity (Wildman–Crippen MR) is 55.5 cm³/mol. The Labute approximate surface area is 76.6 Å². The van der Waals surface area contributed by atoms with Crippen molar-refractivity contribution in [2.24, 2.45) is 0 Å². The first-order valence-corrected chi connectivity index (χ1v) is 4.83. The third kappa shape index (κ3) is 6.38. The van der Waals surface area contributed by atoms with Gasteiger partial charge >= 0.3 is 0 Å². The van der Waals surface area contributed by atoms with E-state index >= 15 is 0 Å². The van der Waals surface area contributed by atoms with Crippen LogP contribution in [-0.2, 0) is 0 Å². The molecule has 0 heterocycles. The maximum absolute atomic E-state index is 3.17. The van der Waals surface area contributed by atoms with E-state index in [9.17, 15) is 0 Å². The molecule has 0 spiro atoms. The zero-order valence-corrected chi connectivity index (χ0v) is 8.64. The van der Waals surface area contributed by atoms with Crippen LogP contribution in [0.25, 0.3) is 0 Å². The Morgan fingerprint density at radius 1 is 1.33 bits per heavy atom. The van der Waals surface area contributed by atoms with Crippen LogP contribution in [0.4, 0.5) is 0 Å². The highest BCUT2D eigenvalue weighted by Gasteiger charge is 1.98. The van der Waals surface area contributed by atoms with Gasteiger partial charge in [0.1, 0.15) is 0 Å². The Balaban J connectivity index is 3.53. The molecule has 12 heavy (non-hydrogen) atoms. The van der Waals surface area contributed by atoms with Gasteiger partial charge in [-0.2, -0.15) is 0 Å². The van der Waals surface area contributed by atoms with Crippen LogP contribution in [0, 0.1) is 0 Å². The number of nitrogens with zero attached hydrogens (tertiary/aromatic N) is 1. The van der Waals surface area contributed by atoms with Crippen molar-refractivity contribution in [3.63, 3.8) is 0 Å². The monoisotopic (exact) mass is 170 g/mol. The number of likely N-dealkylation sites (N-methyl/N-ethyl adjacent to an activating group) is 1. The number of allylic oxidation sites excluding steroid dienone is 1. The SMILES string of the molecule is C/C=C/CN(CCC)CCNC. The van der Waals surface area contributed by atoms with Crippen LogP contribution in [0.2, 0.25) is 0 Å². The highest BCUT2D eigenvalue weighted by Crippen LogP contribution is 1.90. The van der Waals surface area contributed by atoms with Crippen molar-refractivity contribution in [2.75, 3.05) is 33.2 Å². The summed E-state index contributed by atoms with van der Waals surface area (Å²) in [7, 11) is 2.00. The quantitative estimate of drug-likeness (QED) is 0.582. The molecular weight excluding hydrogens is 148 g/mol. The first-order valence-electron chi connectivity index (χ1n) is 4.83. The van der Waals surface area contributed by atoms with Gasteiger partial charge in [-0.05, 0) is 26.9 Å². The van der Waals surface area contributed by atoms with Gasteiger partial charge in [0.2, 0.25) is 0 Å². The van der Waals surface area contributed by atoms with E-state index in [0.717, 1.165) is 19.6 Å². The van der Waals surface area contributed by atoms with Crippen molar-refractivity contribution in [1.82, 2.24) is 10.2 Å². The fourth-order valence-corrected chi connectivity index (χ4v) is 1.14. The minimum atomic E-state index is 1.08. The zero-order chi connectivity index (χ0) is 9.23. The lowest BCUT2D eigenvalue weighted by Gasteiger charge is -2.19. The summed E-state index contributed by atoms with van der Waals surface area (Å²) in [5.74, 6) is 0. The molecule has 0 unspecified atom stereocenters. The Bertz CT molecular complexity index is 110. The van der Waals surface area contributed by atoms with Gasteiger partial charge in [0.05, 0.1) is 0 Å². The lowest BCUT2D eigenvalue weighted by atomic mass is 10.3. The number of hydrogen-bond donors (Lipinski definition) is 1. The number of nitrogens with one attached hydrogen (secondary N) is 1. The van der Waals surface area contributed by atoms with Crippen molar-refractivity contribution in [3.05, 3.63) is 12.2 Å². The van der Waals surface area contributed by atoms with Crippen molar-refractivity contribution in [2.45, 2.75) is 20.3 Å². The Morgan fingerprint density at radius 2 is 2.08 bits per heavy atom. The van der Waals surface area contributed by atoms with E-state index in [1.165, 1.54) is 13.0 Å². The first-order chi connectivity index (χ1) is 5.85. The van der Waals surface area contributed by atoms with E-state index in [-0.39, 0.29) is 0 Å². The summed E-state index contributed by atoms with van der Waals surface area (Å²) in [4.78, 5) is 2.45. The van der Waals surface area contributed by atoms with E-state index < -0.39 is 0 Å². The molecule has 0 saturated heterocycles. The van der Waals surface area contributed by atoms with Crippen LogP contribution in [0.5, 0.6) is 0 Å². The van der Waals surface area contributed by atoms with Crippen LogP contribution in [0.15, 0.2) is 12.2 Å². The molecule has 72 valence electrons. The van der Waals surface area contributed by atoms with Gasteiger partial charge in [-0.1, -0.05) is 19.1 Å². The fourth-order valence-electron chi connectivity index (χ4n) is 1.14. The van der Waals surface area contributed by atoms with E-state index in [0.29, 0.717) is 0 Å². The smallest absolute Gasteiger partial charge is 0.0163 e. The Kier molecular flexibility index (Phi) is 8.51. The summed E-state index contributed by atoms with van der Waals surface area (Å²) >= 11 is 0. The molecule has 0 rings (SSSR count). The molecule has 2 heteroatoms. The van der Waals surface area contributed by atoms with Crippen LogP contribution >= 0.6 is 0 Å². The maximum Gasteiger partial charge on any atom is 0.0163 e. The normalized spacial score (nSPS) is 11.7. The lowest BCUT2D eigenvalue weighted by Crippen LogP contribution is -2.31. The molecule has 0 aromatic carbocycles. The first kappa shape index (κ1) is 11.7. The second-order valence-electron chi connectivity index (χ2n) is 2.97. The summed E-state index contributed by atoms with van der Waals surface area (Å²) in [6.45, 7) is 8.81. The molecule has 0 aliphatic carbocycles. The third-order valence-electron chi connectivity index (χ3n) is 1.82. The standard InChI is InChI=1S/C10H22N2/c1-4-6-9-12(8-5-2)10-7-11-3/h4,6,11H,5,7-10H2,1-3H3/b6-4+.